The SMILES string of the molecule is [C-]#[N+]c1ccc(Cc2cncn2Cc2ccc(-c3ccc(Cl)cc3)cc2)cc1. The molecule has 136 valence electrons. The quantitative estimate of drug-likeness (QED) is 0.366. The van der Waals surface area contributed by atoms with E-state index in [1.54, 1.807) is 0 Å². The summed E-state index contributed by atoms with van der Waals surface area (Å²) >= 11 is 5.97. The van der Waals surface area contributed by atoms with Gasteiger partial charge < -0.3 is 4.57 Å². The molecule has 0 radical (unpaired) electrons. The van der Waals surface area contributed by atoms with E-state index in [1.165, 1.54) is 16.7 Å². The zero-order valence-corrected chi connectivity index (χ0v) is 16.0. The van der Waals surface area contributed by atoms with Gasteiger partial charge in [0.05, 0.1) is 12.9 Å². The Bertz CT molecular complexity index is 1100. The van der Waals surface area contributed by atoms with E-state index in [2.05, 4.69) is 38.7 Å². The third-order valence-corrected chi connectivity index (χ3v) is 4.99. The lowest BCUT2D eigenvalue weighted by atomic mass is 10.0. The van der Waals surface area contributed by atoms with Crippen molar-refractivity contribution in [1.29, 1.82) is 0 Å². The molecule has 0 aliphatic carbocycles. The first-order valence-corrected chi connectivity index (χ1v) is 9.39. The first-order chi connectivity index (χ1) is 13.7. The van der Waals surface area contributed by atoms with Gasteiger partial charge in [0, 0.05) is 29.9 Å². The Labute approximate surface area is 169 Å². The van der Waals surface area contributed by atoms with Crippen LogP contribution < -0.4 is 0 Å². The van der Waals surface area contributed by atoms with Gasteiger partial charge in [-0.05, 0) is 34.4 Å². The van der Waals surface area contributed by atoms with Crippen LogP contribution >= 0.6 is 11.6 Å². The van der Waals surface area contributed by atoms with Crippen molar-refractivity contribution in [2.75, 3.05) is 0 Å². The molecule has 0 spiro atoms. The molecule has 28 heavy (non-hydrogen) atoms. The molecule has 0 N–H and O–H groups in total. The number of rotatable bonds is 5. The average molecular weight is 384 g/mol. The highest BCUT2D eigenvalue weighted by Crippen LogP contribution is 2.22. The number of hydrogen-bond donors (Lipinski definition) is 0. The molecular weight excluding hydrogens is 366 g/mol. The Morgan fingerprint density at radius 1 is 0.821 bits per heavy atom. The van der Waals surface area contributed by atoms with E-state index in [-0.39, 0.29) is 0 Å². The van der Waals surface area contributed by atoms with E-state index in [4.69, 9.17) is 18.2 Å². The molecule has 0 aliphatic rings. The largest absolute Gasteiger partial charge is 0.330 e. The van der Waals surface area contributed by atoms with Crippen molar-refractivity contribution in [3.05, 3.63) is 119 Å². The van der Waals surface area contributed by atoms with Crippen molar-refractivity contribution < 1.29 is 0 Å². The van der Waals surface area contributed by atoms with E-state index in [0.29, 0.717) is 5.69 Å². The lowest BCUT2D eigenvalue weighted by Crippen LogP contribution is -2.03. The number of imidazole rings is 1. The molecule has 3 nitrogen and oxygen atoms in total. The molecule has 0 unspecified atom stereocenters. The summed E-state index contributed by atoms with van der Waals surface area (Å²) in [6.45, 7) is 7.83. The minimum atomic E-state index is 0.665. The van der Waals surface area contributed by atoms with Crippen LogP contribution in [-0.2, 0) is 13.0 Å². The molecule has 0 atom stereocenters. The Morgan fingerprint density at radius 3 is 2.07 bits per heavy atom. The van der Waals surface area contributed by atoms with E-state index in [0.717, 1.165) is 29.2 Å². The Balaban J connectivity index is 1.48. The molecule has 4 aromatic rings. The highest BCUT2D eigenvalue weighted by Gasteiger charge is 2.06. The number of benzene rings is 3. The first-order valence-electron chi connectivity index (χ1n) is 9.01. The van der Waals surface area contributed by atoms with Crippen molar-refractivity contribution >= 4 is 17.3 Å². The standard InChI is InChI=1S/C24H18ClN3/c1-26-23-12-4-18(5-13-23)14-24-15-27-17-28(24)16-19-2-6-20(7-3-19)21-8-10-22(25)11-9-21/h2-13,15,17H,14,16H2. The summed E-state index contributed by atoms with van der Waals surface area (Å²) in [5.74, 6) is 0. The highest BCUT2D eigenvalue weighted by molar-refractivity contribution is 6.30. The van der Waals surface area contributed by atoms with Crippen molar-refractivity contribution in [1.82, 2.24) is 9.55 Å². The maximum Gasteiger partial charge on any atom is 0.187 e. The van der Waals surface area contributed by atoms with Gasteiger partial charge in [0.2, 0.25) is 0 Å². The maximum atomic E-state index is 7.05. The number of hydrogen-bond acceptors (Lipinski definition) is 1. The third kappa shape index (κ3) is 4.14. The van der Waals surface area contributed by atoms with Crippen LogP contribution in [0.5, 0.6) is 0 Å². The second-order valence-corrected chi connectivity index (χ2v) is 7.11. The summed E-state index contributed by atoms with van der Waals surface area (Å²) in [6.07, 6.45) is 4.57. The van der Waals surface area contributed by atoms with Gasteiger partial charge in [-0.2, -0.15) is 0 Å². The predicted octanol–water partition coefficient (Wildman–Crippen LogP) is 6.39. The van der Waals surface area contributed by atoms with E-state index in [1.807, 2.05) is 61.1 Å². The van der Waals surface area contributed by atoms with Crippen molar-refractivity contribution in [2.45, 2.75) is 13.0 Å². The van der Waals surface area contributed by atoms with Gasteiger partial charge in [0.25, 0.3) is 0 Å². The molecule has 0 fully saturated rings. The summed E-state index contributed by atoms with van der Waals surface area (Å²) in [4.78, 5) is 7.76. The van der Waals surface area contributed by atoms with Crippen molar-refractivity contribution in [2.24, 2.45) is 0 Å². The maximum absolute atomic E-state index is 7.05. The fraction of sp³-hybridized carbons (Fsp3) is 0.0833. The van der Waals surface area contributed by atoms with Crippen LogP contribution in [0, 0.1) is 6.57 Å². The number of aromatic nitrogens is 2. The monoisotopic (exact) mass is 383 g/mol. The second-order valence-electron chi connectivity index (χ2n) is 6.67. The molecule has 0 amide bonds. The van der Waals surface area contributed by atoms with Gasteiger partial charge in [-0.15, -0.1) is 0 Å². The molecule has 0 saturated heterocycles. The molecule has 0 bridgehead atoms. The van der Waals surface area contributed by atoms with Gasteiger partial charge in [-0.1, -0.05) is 72.3 Å². The van der Waals surface area contributed by atoms with E-state index >= 15 is 0 Å². The van der Waals surface area contributed by atoms with E-state index in [9.17, 15) is 0 Å². The zero-order chi connectivity index (χ0) is 19.3. The molecular formula is C24H18ClN3. The molecule has 0 saturated carbocycles. The van der Waals surface area contributed by atoms with Gasteiger partial charge in [0.1, 0.15) is 0 Å². The van der Waals surface area contributed by atoms with Crippen LogP contribution in [0.2, 0.25) is 5.02 Å². The zero-order valence-electron chi connectivity index (χ0n) is 15.2. The van der Waals surface area contributed by atoms with Crippen molar-refractivity contribution in [3.8, 4) is 11.1 Å². The third-order valence-electron chi connectivity index (χ3n) is 4.73. The van der Waals surface area contributed by atoms with Gasteiger partial charge in [-0.3, -0.25) is 0 Å². The Morgan fingerprint density at radius 2 is 1.43 bits per heavy atom. The predicted molar refractivity (Wildman–Crippen MR) is 114 cm³/mol. The summed E-state index contributed by atoms with van der Waals surface area (Å²) in [7, 11) is 0. The van der Waals surface area contributed by atoms with Gasteiger partial charge >= 0.3 is 0 Å². The van der Waals surface area contributed by atoms with Crippen LogP contribution in [0.15, 0.2) is 85.3 Å². The minimum absolute atomic E-state index is 0.665. The average Bonchev–Trinajstić information content (AvgIpc) is 3.16. The molecule has 4 heteroatoms. The van der Waals surface area contributed by atoms with Gasteiger partial charge in [0.15, 0.2) is 5.69 Å². The highest BCUT2D eigenvalue weighted by atomic mass is 35.5. The summed E-state index contributed by atoms with van der Waals surface area (Å²) in [6, 6.07) is 24.2. The summed E-state index contributed by atoms with van der Waals surface area (Å²) < 4.78 is 2.17. The summed E-state index contributed by atoms with van der Waals surface area (Å²) in [5.41, 5.74) is 6.54. The molecule has 1 heterocycles. The Kier molecular flexibility index (Phi) is 5.23. The van der Waals surface area contributed by atoms with Gasteiger partial charge in [-0.25, -0.2) is 9.83 Å². The van der Waals surface area contributed by atoms with Crippen molar-refractivity contribution in [3.63, 3.8) is 0 Å². The smallest absolute Gasteiger partial charge is 0.187 e. The first kappa shape index (κ1) is 18.0. The summed E-state index contributed by atoms with van der Waals surface area (Å²) in [5, 5.41) is 0.747. The molecule has 1 aromatic heterocycles. The molecule has 4 rings (SSSR count). The fourth-order valence-corrected chi connectivity index (χ4v) is 3.30. The fourth-order valence-electron chi connectivity index (χ4n) is 3.18. The number of nitrogens with zero attached hydrogens (tertiary/aromatic N) is 3. The van der Waals surface area contributed by atoms with Crippen LogP contribution in [0.1, 0.15) is 16.8 Å². The lowest BCUT2D eigenvalue weighted by Gasteiger charge is -2.10. The second kappa shape index (κ2) is 8.12. The minimum Gasteiger partial charge on any atom is -0.330 e. The molecule has 0 aliphatic heterocycles. The Hall–Kier alpha value is -3.35. The van der Waals surface area contributed by atoms with E-state index < -0.39 is 0 Å². The number of halogens is 1. The van der Waals surface area contributed by atoms with Crippen LogP contribution in [-0.4, -0.2) is 9.55 Å². The van der Waals surface area contributed by atoms with Crippen LogP contribution in [0.25, 0.3) is 16.0 Å². The molecule has 3 aromatic carbocycles. The normalized spacial score (nSPS) is 10.6. The van der Waals surface area contributed by atoms with Crippen LogP contribution in [0.3, 0.4) is 0 Å². The lowest BCUT2D eigenvalue weighted by molar-refractivity contribution is 0.753. The topological polar surface area (TPSA) is 22.2 Å². The van der Waals surface area contributed by atoms with Crippen LogP contribution in [0.4, 0.5) is 5.69 Å².